The third-order valence-corrected chi connectivity index (χ3v) is 2.87. The predicted octanol–water partition coefficient (Wildman–Crippen LogP) is 3.01. The monoisotopic (exact) mass is 224 g/mol. The van der Waals surface area contributed by atoms with Gasteiger partial charge in [-0.2, -0.15) is 5.26 Å². The van der Waals surface area contributed by atoms with Gasteiger partial charge in [-0.05, 0) is 12.1 Å². The maximum absolute atomic E-state index is 8.64. The van der Waals surface area contributed by atoms with E-state index in [9.17, 15) is 0 Å². The molecule has 0 spiro atoms. The number of halogens is 1. The van der Waals surface area contributed by atoms with Crippen molar-refractivity contribution < 1.29 is 4.42 Å². The highest BCUT2D eigenvalue weighted by Gasteiger charge is 2.08. The lowest BCUT2D eigenvalue weighted by Gasteiger charge is -1.84. The number of nitriles is 1. The maximum atomic E-state index is 8.64. The third kappa shape index (κ3) is 1.65. The highest BCUT2D eigenvalue weighted by molar-refractivity contribution is 7.15. The van der Waals surface area contributed by atoms with Gasteiger partial charge >= 0.3 is 0 Å². The van der Waals surface area contributed by atoms with Gasteiger partial charge in [-0.15, -0.1) is 22.9 Å². The van der Waals surface area contributed by atoms with Crippen molar-refractivity contribution in [3.63, 3.8) is 0 Å². The average molecular weight is 225 g/mol. The second-order valence-electron chi connectivity index (χ2n) is 2.55. The molecule has 2 heterocycles. The van der Waals surface area contributed by atoms with Crippen LogP contribution in [0, 0.1) is 11.3 Å². The number of aromatic nitrogens is 1. The first kappa shape index (κ1) is 9.25. The van der Waals surface area contributed by atoms with Crippen LogP contribution >= 0.6 is 22.9 Å². The molecule has 2 rings (SSSR count). The van der Waals surface area contributed by atoms with Gasteiger partial charge in [-0.25, -0.2) is 4.98 Å². The molecule has 0 fully saturated rings. The van der Waals surface area contributed by atoms with Crippen molar-refractivity contribution >= 4 is 22.9 Å². The van der Waals surface area contributed by atoms with Gasteiger partial charge in [-0.3, -0.25) is 0 Å². The van der Waals surface area contributed by atoms with Crippen LogP contribution in [-0.2, 0) is 5.88 Å². The van der Waals surface area contributed by atoms with Crippen molar-refractivity contribution in [2.24, 2.45) is 0 Å². The predicted molar refractivity (Wildman–Crippen MR) is 54.1 cm³/mol. The van der Waals surface area contributed by atoms with Crippen molar-refractivity contribution in [1.29, 1.82) is 5.26 Å². The van der Waals surface area contributed by atoms with E-state index in [-0.39, 0.29) is 0 Å². The van der Waals surface area contributed by atoms with Crippen LogP contribution in [0.4, 0.5) is 0 Å². The molecule has 0 aliphatic rings. The first-order valence-corrected chi connectivity index (χ1v) is 5.19. The molecule has 70 valence electrons. The van der Waals surface area contributed by atoms with Crippen LogP contribution < -0.4 is 0 Å². The van der Waals surface area contributed by atoms with Gasteiger partial charge in [0, 0.05) is 0 Å². The fourth-order valence-corrected chi connectivity index (χ4v) is 1.85. The summed E-state index contributed by atoms with van der Waals surface area (Å²) < 4.78 is 5.20. The second-order valence-corrected chi connectivity index (χ2v) is 3.90. The molecule has 0 aromatic carbocycles. The Balaban J connectivity index is 2.35. The number of alkyl halides is 1. The van der Waals surface area contributed by atoms with E-state index in [2.05, 4.69) is 11.1 Å². The Morgan fingerprint density at radius 3 is 3.00 bits per heavy atom. The lowest BCUT2D eigenvalue weighted by Crippen LogP contribution is -1.75. The second kappa shape index (κ2) is 3.82. The minimum absolute atomic E-state index is 0.333. The summed E-state index contributed by atoms with van der Waals surface area (Å²) in [5, 5.41) is 8.64. The molecule has 2 aromatic rings. The van der Waals surface area contributed by atoms with Crippen LogP contribution in [-0.4, -0.2) is 4.98 Å². The molecule has 0 saturated heterocycles. The molecule has 0 aliphatic heterocycles. The lowest BCUT2D eigenvalue weighted by atomic mass is 10.4. The molecular formula is C9H5ClN2OS. The van der Waals surface area contributed by atoms with Gasteiger partial charge in [0.1, 0.15) is 17.2 Å². The highest BCUT2D eigenvalue weighted by Crippen LogP contribution is 2.27. The molecule has 0 amide bonds. The van der Waals surface area contributed by atoms with Gasteiger partial charge < -0.3 is 4.42 Å². The van der Waals surface area contributed by atoms with Gasteiger partial charge in [-0.1, -0.05) is 0 Å². The van der Waals surface area contributed by atoms with Crippen molar-refractivity contribution in [1.82, 2.24) is 4.98 Å². The smallest absolute Gasteiger partial charge is 0.236 e. The minimum atomic E-state index is 0.333. The van der Waals surface area contributed by atoms with Crippen LogP contribution in [0.1, 0.15) is 10.6 Å². The molecule has 0 N–H and O–H groups in total. The quantitative estimate of drug-likeness (QED) is 0.737. The molecular weight excluding hydrogens is 220 g/mol. The van der Waals surface area contributed by atoms with Crippen LogP contribution in [0.5, 0.6) is 0 Å². The zero-order valence-electron chi connectivity index (χ0n) is 7.03. The summed E-state index contributed by atoms with van der Waals surface area (Å²) >= 11 is 6.94. The fraction of sp³-hybridized carbons (Fsp3) is 0.111. The summed E-state index contributed by atoms with van der Waals surface area (Å²) in [5.41, 5.74) is 0.702. The fourth-order valence-electron chi connectivity index (χ4n) is 0.994. The largest absolute Gasteiger partial charge is 0.444 e. The molecule has 0 unspecified atom stereocenters. The standard InChI is InChI=1S/C9H5ClN2OS/c10-3-6-5-13-9(12-6)8-2-1-7(4-11)14-8/h1-2,5H,3H2. The van der Waals surface area contributed by atoms with Crippen LogP contribution in [0.15, 0.2) is 22.8 Å². The summed E-state index contributed by atoms with van der Waals surface area (Å²) in [4.78, 5) is 5.64. The normalized spacial score (nSPS) is 10.0. The molecule has 0 atom stereocenters. The molecule has 0 saturated carbocycles. The molecule has 2 aromatic heterocycles. The minimum Gasteiger partial charge on any atom is -0.444 e. The summed E-state index contributed by atoms with van der Waals surface area (Å²) in [7, 11) is 0. The summed E-state index contributed by atoms with van der Waals surface area (Å²) in [6, 6.07) is 5.61. The summed E-state index contributed by atoms with van der Waals surface area (Å²) in [6.45, 7) is 0. The SMILES string of the molecule is N#Cc1ccc(-c2nc(CCl)co2)s1. The summed E-state index contributed by atoms with van der Waals surface area (Å²) in [6.07, 6.45) is 1.52. The Hall–Kier alpha value is -1.31. The van der Waals surface area contributed by atoms with E-state index in [0.29, 0.717) is 22.3 Å². The van der Waals surface area contributed by atoms with E-state index in [4.69, 9.17) is 21.3 Å². The Morgan fingerprint density at radius 2 is 2.43 bits per heavy atom. The van der Waals surface area contributed by atoms with Gasteiger partial charge in [0.15, 0.2) is 0 Å². The van der Waals surface area contributed by atoms with Crippen molar-refractivity contribution in [2.75, 3.05) is 0 Å². The molecule has 0 bridgehead atoms. The van der Waals surface area contributed by atoms with Crippen molar-refractivity contribution in [2.45, 2.75) is 5.88 Å². The van der Waals surface area contributed by atoms with E-state index >= 15 is 0 Å². The topological polar surface area (TPSA) is 49.8 Å². The van der Waals surface area contributed by atoms with Gasteiger partial charge in [0.25, 0.3) is 0 Å². The highest BCUT2D eigenvalue weighted by atomic mass is 35.5. The maximum Gasteiger partial charge on any atom is 0.236 e. The molecule has 14 heavy (non-hydrogen) atoms. The van der Waals surface area contributed by atoms with Crippen LogP contribution in [0.25, 0.3) is 10.8 Å². The first-order valence-electron chi connectivity index (χ1n) is 3.84. The number of hydrogen-bond acceptors (Lipinski definition) is 4. The van der Waals surface area contributed by atoms with Crippen LogP contribution in [0.2, 0.25) is 0 Å². The number of rotatable bonds is 2. The molecule has 0 aliphatic carbocycles. The third-order valence-electron chi connectivity index (χ3n) is 1.62. The van der Waals surface area contributed by atoms with E-state index in [1.54, 1.807) is 6.07 Å². The number of thiophene rings is 1. The van der Waals surface area contributed by atoms with E-state index in [0.717, 1.165) is 4.88 Å². The van der Waals surface area contributed by atoms with Crippen molar-refractivity contribution in [3.8, 4) is 16.8 Å². The van der Waals surface area contributed by atoms with Crippen molar-refractivity contribution in [3.05, 3.63) is 29.0 Å². The number of nitrogens with zero attached hydrogens (tertiary/aromatic N) is 2. The van der Waals surface area contributed by atoms with E-state index in [1.165, 1.54) is 17.6 Å². The zero-order valence-corrected chi connectivity index (χ0v) is 8.60. The lowest BCUT2D eigenvalue weighted by molar-refractivity contribution is 0.575. The Kier molecular flexibility index (Phi) is 2.53. The molecule has 0 radical (unpaired) electrons. The summed E-state index contributed by atoms with van der Waals surface area (Å²) in [5.74, 6) is 0.854. The molecule has 3 nitrogen and oxygen atoms in total. The van der Waals surface area contributed by atoms with E-state index in [1.807, 2.05) is 6.07 Å². The average Bonchev–Trinajstić information content (AvgIpc) is 2.86. The van der Waals surface area contributed by atoms with E-state index < -0.39 is 0 Å². The van der Waals surface area contributed by atoms with Gasteiger partial charge in [0.05, 0.1) is 16.5 Å². The van der Waals surface area contributed by atoms with Crippen LogP contribution in [0.3, 0.4) is 0 Å². The molecule has 5 heteroatoms. The Labute approximate surface area is 89.6 Å². The Bertz CT molecular complexity index is 483. The van der Waals surface area contributed by atoms with Gasteiger partial charge in [0.2, 0.25) is 5.89 Å². The number of hydrogen-bond donors (Lipinski definition) is 0. The first-order chi connectivity index (χ1) is 6.83. The zero-order chi connectivity index (χ0) is 9.97. The Morgan fingerprint density at radius 1 is 1.57 bits per heavy atom. The number of oxazole rings is 1.